The van der Waals surface area contributed by atoms with Crippen LogP contribution in [-0.4, -0.2) is 40.2 Å². The van der Waals surface area contributed by atoms with Crippen molar-refractivity contribution >= 4 is 5.91 Å². The van der Waals surface area contributed by atoms with Crippen LogP contribution in [0, 0.1) is 0 Å². The Morgan fingerprint density at radius 1 is 1.32 bits per heavy atom. The molecular weight excluding hydrogens is 242 g/mol. The Morgan fingerprint density at radius 3 is 2.63 bits per heavy atom. The zero-order chi connectivity index (χ0) is 13.7. The molecule has 1 amide bonds. The molecule has 0 radical (unpaired) electrons. The van der Waals surface area contributed by atoms with E-state index in [4.69, 9.17) is 5.11 Å². The largest absolute Gasteiger partial charge is 0.508 e. The Labute approximate surface area is 113 Å². The first-order valence-electron chi connectivity index (χ1n) is 6.89. The van der Waals surface area contributed by atoms with Crippen molar-refractivity contribution in [1.29, 1.82) is 0 Å². The lowest BCUT2D eigenvalue weighted by Gasteiger charge is -2.37. The van der Waals surface area contributed by atoms with Crippen molar-refractivity contribution < 1.29 is 15.0 Å². The molecule has 1 aromatic carbocycles. The minimum Gasteiger partial charge on any atom is -0.508 e. The van der Waals surface area contributed by atoms with Gasteiger partial charge in [-0.05, 0) is 37.3 Å². The number of aryl methyl sites for hydroxylation is 1. The summed E-state index contributed by atoms with van der Waals surface area (Å²) in [5.74, 6) is 0.314. The maximum atomic E-state index is 12.2. The number of aromatic hydroxyl groups is 1. The Morgan fingerprint density at radius 2 is 2.05 bits per heavy atom. The Balaban J connectivity index is 1.90. The van der Waals surface area contributed by atoms with Crippen molar-refractivity contribution in [2.24, 2.45) is 0 Å². The van der Waals surface area contributed by atoms with Crippen molar-refractivity contribution in [2.45, 2.75) is 38.1 Å². The number of hydrogen-bond donors (Lipinski definition) is 2. The summed E-state index contributed by atoms with van der Waals surface area (Å²) in [6.45, 7) is 0.434. The van der Waals surface area contributed by atoms with E-state index < -0.39 is 0 Å². The average Bonchev–Trinajstić information content (AvgIpc) is 2.35. The van der Waals surface area contributed by atoms with Crippen molar-refractivity contribution in [3.63, 3.8) is 0 Å². The number of phenolic OH excluding ortho intramolecular Hbond substituents is 1. The summed E-state index contributed by atoms with van der Waals surface area (Å²) in [5.41, 5.74) is 0.799. The van der Waals surface area contributed by atoms with E-state index in [-0.39, 0.29) is 18.3 Å². The van der Waals surface area contributed by atoms with Gasteiger partial charge in [-0.2, -0.15) is 0 Å². The lowest BCUT2D eigenvalue weighted by Crippen LogP contribution is -2.45. The van der Waals surface area contributed by atoms with Crippen molar-refractivity contribution in [1.82, 2.24) is 4.90 Å². The zero-order valence-corrected chi connectivity index (χ0v) is 11.1. The van der Waals surface area contributed by atoms with Gasteiger partial charge in [0.25, 0.3) is 0 Å². The van der Waals surface area contributed by atoms with E-state index in [9.17, 15) is 9.90 Å². The van der Waals surface area contributed by atoms with Gasteiger partial charge in [0, 0.05) is 19.0 Å². The van der Waals surface area contributed by atoms with Crippen LogP contribution >= 0.6 is 0 Å². The second-order valence-electron chi connectivity index (χ2n) is 5.02. The van der Waals surface area contributed by atoms with Gasteiger partial charge < -0.3 is 15.1 Å². The molecule has 0 aromatic heterocycles. The summed E-state index contributed by atoms with van der Waals surface area (Å²) in [6.07, 6.45) is 4.18. The number of para-hydroxylation sites is 1. The Hall–Kier alpha value is -1.55. The molecule has 0 heterocycles. The minimum absolute atomic E-state index is 0.0127. The van der Waals surface area contributed by atoms with Gasteiger partial charge in [-0.25, -0.2) is 0 Å². The monoisotopic (exact) mass is 263 g/mol. The second-order valence-corrected chi connectivity index (χ2v) is 5.02. The average molecular weight is 263 g/mol. The van der Waals surface area contributed by atoms with E-state index in [2.05, 4.69) is 0 Å². The number of aliphatic hydroxyl groups excluding tert-OH is 1. The summed E-state index contributed by atoms with van der Waals surface area (Å²) in [5, 5.41) is 18.7. The number of carbonyl (C=O) groups is 1. The molecule has 0 spiro atoms. The highest BCUT2D eigenvalue weighted by molar-refractivity contribution is 5.77. The smallest absolute Gasteiger partial charge is 0.223 e. The molecule has 1 aromatic rings. The summed E-state index contributed by atoms with van der Waals surface area (Å²) < 4.78 is 0. The van der Waals surface area contributed by atoms with E-state index in [1.165, 1.54) is 6.42 Å². The van der Waals surface area contributed by atoms with Gasteiger partial charge >= 0.3 is 0 Å². The first kappa shape index (κ1) is 13.9. The number of phenols is 1. The summed E-state index contributed by atoms with van der Waals surface area (Å²) in [6, 6.07) is 7.41. The molecular formula is C15H21NO3. The molecule has 4 nitrogen and oxygen atoms in total. The summed E-state index contributed by atoms with van der Waals surface area (Å²) in [7, 11) is 0. The van der Waals surface area contributed by atoms with Crippen LogP contribution in [0.5, 0.6) is 5.75 Å². The summed E-state index contributed by atoms with van der Waals surface area (Å²) in [4.78, 5) is 14.0. The highest BCUT2D eigenvalue weighted by Crippen LogP contribution is 2.26. The molecule has 0 bridgehead atoms. The molecule has 0 aliphatic heterocycles. The maximum Gasteiger partial charge on any atom is 0.223 e. The zero-order valence-electron chi connectivity index (χ0n) is 11.1. The predicted octanol–water partition coefficient (Wildman–Crippen LogP) is 1.70. The molecule has 1 aliphatic carbocycles. The molecule has 1 aliphatic rings. The minimum atomic E-state index is 0.0127. The van der Waals surface area contributed by atoms with Crippen LogP contribution in [0.15, 0.2) is 24.3 Å². The fourth-order valence-corrected chi connectivity index (χ4v) is 2.42. The second kappa shape index (κ2) is 6.57. The number of amides is 1. The molecule has 2 rings (SSSR count). The van der Waals surface area contributed by atoms with Crippen molar-refractivity contribution in [2.75, 3.05) is 13.2 Å². The third-order valence-electron chi connectivity index (χ3n) is 3.78. The number of aliphatic hydroxyl groups is 1. The number of carbonyl (C=O) groups excluding carboxylic acids is 1. The van der Waals surface area contributed by atoms with Gasteiger partial charge in [0.15, 0.2) is 0 Å². The molecule has 0 saturated heterocycles. The first-order valence-corrected chi connectivity index (χ1v) is 6.89. The van der Waals surface area contributed by atoms with E-state index in [0.29, 0.717) is 25.4 Å². The number of hydrogen-bond acceptors (Lipinski definition) is 3. The quantitative estimate of drug-likeness (QED) is 0.821. The predicted molar refractivity (Wildman–Crippen MR) is 72.9 cm³/mol. The van der Waals surface area contributed by atoms with Gasteiger partial charge in [-0.1, -0.05) is 18.2 Å². The van der Waals surface area contributed by atoms with Crippen molar-refractivity contribution in [3.8, 4) is 5.75 Å². The third kappa shape index (κ3) is 3.47. The van der Waals surface area contributed by atoms with Crippen LogP contribution in [0.3, 0.4) is 0 Å². The molecule has 1 saturated carbocycles. The number of benzene rings is 1. The number of rotatable bonds is 6. The topological polar surface area (TPSA) is 60.8 Å². The van der Waals surface area contributed by atoms with E-state index >= 15 is 0 Å². The molecule has 0 unspecified atom stereocenters. The van der Waals surface area contributed by atoms with Crippen LogP contribution in [0.2, 0.25) is 0 Å². The van der Waals surface area contributed by atoms with Gasteiger partial charge in [0.05, 0.1) is 6.61 Å². The molecule has 4 heteroatoms. The Bertz CT molecular complexity index is 429. The van der Waals surface area contributed by atoms with Crippen LogP contribution in [0.25, 0.3) is 0 Å². The first-order chi connectivity index (χ1) is 9.22. The molecule has 2 N–H and O–H groups in total. The van der Waals surface area contributed by atoms with Crippen molar-refractivity contribution in [3.05, 3.63) is 29.8 Å². The standard InChI is InChI=1S/C15H21NO3/c17-11-10-16(13-5-3-6-13)15(19)9-8-12-4-1-2-7-14(12)18/h1-2,4,7,13,17-18H,3,5-6,8-11H2. The van der Waals surface area contributed by atoms with Crippen LogP contribution in [0.4, 0.5) is 0 Å². The van der Waals surface area contributed by atoms with Crippen LogP contribution in [0.1, 0.15) is 31.2 Å². The normalized spacial score (nSPS) is 15.0. The van der Waals surface area contributed by atoms with Gasteiger partial charge in [0.1, 0.15) is 5.75 Å². The number of nitrogens with zero attached hydrogens (tertiary/aromatic N) is 1. The van der Waals surface area contributed by atoms with Crippen LogP contribution in [-0.2, 0) is 11.2 Å². The van der Waals surface area contributed by atoms with E-state index in [1.807, 2.05) is 12.1 Å². The third-order valence-corrected chi connectivity index (χ3v) is 3.78. The van der Waals surface area contributed by atoms with E-state index in [1.54, 1.807) is 17.0 Å². The lowest BCUT2D eigenvalue weighted by molar-refractivity contribution is -0.135. The fraction of sp³-hybridized carbons (Fsp3) is 0.533. The van der Waals surface area contributed by atoms with E-state index in [0.717, 1.165) is 18.4 Å². The Kier molecular flexibility index (Phi) is 4.80. The molecule has 19 heavy (non-hydrogen) atoms. The van der Waals surface area contributed by atoms with Gasteiger partial charge in [-0.3, -0.25) is 4.79 Å². The highest BCUT2D eigenvalue weighted by atomic mass is 16.3. The fourth-order valence-electron chi connectivity index (χ4n) is 2.42. The molecule has 1 fully saturated rings. The van der Waals surface area contributed by atoms with Gasteiger partial charge in [0.2, 0.25) is 5.91 Å². The van der Waals surface area contributed by atoms with Crippen LogP contribution < -0.4 is 0 Å². The summed E-state index contributed by atoms with van der Waals surface area (Å²) >= 11 is 0. The highest BCUT2D eigenvalue weighted by Gasteiger charge is 2.27. The molecule has 104 valence electrons. The van der Waals surface area contributed by atoms with Gasteiger partial charge in [-0.15, -0.1) is 0 Å². The SMILES string of the molecule is O=C(CCc1ccccc1O)N(CCO)C1CCC1. The molecule has 0 atom stereocenters. The maximum absolute atomic E-state index is 12.2. The lowest BCUT2D eigenvalue weighted by atomic mass is 9.91.